The van der Waals surface area contributed by atoms with Gasteiger partial charge in [-0.1, -0.05) is 24.6 Å². The molecule has 0 aromatic carbocycles. The van der Waals surface area contributed by atoms with Crippen molar-refractivity contribution in [3.63, 3.8) is 0 Å². The maximum atomic E-state index is 9.36. The Balaban J connectivity index is 3.19. The molecule has 0 saturated carbocycles. The third-order valence-electron chi connectivity index (χ3n) is 1.65. The number of ether oxygens (including phenoxy) is 4. The number of aliphatic hydroxyl groups excluding tert-OH is 1. The van der Waals surface area contributed by atoms with Gasteiger partial charge in [0.1, 0.15) is 32.0 Å². The molecule has 0 aliphatic carbocycles. The molecule has 0 aromatic heterocycles. The fraction of sp³-hybridized carbons (Fsp3) is 0.538. The lowest BCUT2D eigenvalue weighted by molar-refractivity contribution is -0.0881. The Morgan fingerprint density at radius 2 is 1.72 bits per heavy atom. The van der Waals surface area contributed by atoms with Crippen LogP contribution < -0.4 is 0 Å². The van der Waals surface area contributed by atoms with Crippen molar-refractivity contribution in [3.8, 4) is 0 Å². The minimum atomic E-state index is -0.695. The molecule has 0 bridgehead atoms. The standard InChI is InChI=1S/C13H20O5/c1-3-6-15-8-5-9-17-12-18-11-13(14)10-16-7-4-2/h6-7,13-14H,1-2,5,8-12H2. The Hall–Kier alpha value is -1.48. The molecular formula is C13H20O5. The zero-order chi connectivity index (χ0) is 13.5. The Morgan fingerprint density at radius 1 is 1.00 bits per heavy atom. The predicted octanol–water partition coefficient (Wildman–Crippen LogP) is 1.36. The summed E-state index contributed by atoms with van der Waals surface area (Å²) in [6, 6.07) is 0. The van der Waals surface area contributed by atoms with E-state index in [9.17, 15) is 5.11 Å². The lowest BCUT2D eigenvalue weighted by atomic mass is 10.4. The molecular weight excluding hydrogens is 236 g/mol. The first kappa shape index (κ1) is 16.5. The molecule has 0 spiro atoms. The molecule has 1 unspecified atom stereocenters. The first-order valence-corrected chi connectivity index (χ1v) is 5.56. The fourth-order valence-electron chi connectivity index (χ4n) is 0.930. The van der Waals surface area contributed by atoms with Gasteiger partial charge in [-0.3, -0.25) is 0 Å². The van der Waals surface area contributed by atoms with Crippen molar-refractivity contribution >= 4 is 0 Å². The third kappa shape index (κ3) is 12.6. The van der Waals surface area contributed by atoms with Crippen molar-refractivity contribution in [1.29, 1.82) is 0 Å². The van der Waals surface area contributed by atoms with Crippen LogP contribution in [0, 0.1) is 0 Å². The van der Waals surface area contributed by atoms with E-state index in [0.29, 0.717) is 13.2 Å². The van der Waals surface area contributed by atoms with Gasteiger partial charge in [-0.05, 0) is 0 Å². The van der Waals surface area contributed by atoms with E-state index in [1.165, 1.54) is 12.5 Å². The van der Waals surface area contributed by atoms with Gasteiger partial charge < -0.3 is 24.1 Å². The van der Waals surface area contributed by atoms with Crippen LogP contribution in [-0.2, 0) is 18.9 Å². The minimum Gasteiger partial charge on any atom is -0.493 e. The molecule has 0 heterocycles. The Morgan fingerprint density at radius 3 is 2.44 bits per heavy atom. The number of hydrogen-bond donors (Lipinski definition) is 1. The maximum Gasteiger partial charge on any atom is 0.146 e. The number of rotatable bonds is 12. The smallest absolute Gasteiger partial charge is 0.146 e. The van der Waals surface area contributed by atoms with Crippen molar-refractivity contribution in [2.45, 2.75) is 12.5 Å². The summed E-state index contributed by atoms with van der Waals surface area (Å²) in [4.78, 5) is 0. The Labute approximate surface area is 108 Å². The monoisotopic (exact) mass is 256 g/mol. The molecule has 102 valence electrons. The van der Waals surface area contributed by atoms with Gasteiger partial charge in [0.15, 0.2) is 0 Å². The van der Waals surface area contributed by atoms with E-state index in [4.69, 9.17) is 18.9 Å². The quantitative estimate of drug-likeness (QED) is 0.247. The zero-order valence-electron chi connectivity index (χ0n) is 10.5. The van der Waals surface area contributed by atoms with Crippen molar-refractivity contribution in [3.05, 3.63) is 37.1 Å². The molecule has 1 N–H and O–H groups in total. The van der Waals surface area contributed by atoms with Crippen molar-refractivity contribution in [1.82, 2.24) is 0 Å². The third-order valence-corrected chi connectivity index (χ3v) is 1.65. The van der Waals surface area contributed by atoms with Crippen LogP contribution in [-0.4, -0.2) is 44.4 Å². The van der Waals surface area contributed by atoms with Crippen LogP contribution in [0.1, 0.15) is 6.42 Å². The molecule has 0 saturated heterocycles. The second-order valence-electron chi connectivity index (χ2n) is 3.25. The van der Waals surface area contributed by atoms with E-state index in [-0.39, 0.29) is 20.0 Å². The molecule has 0 rings (SSSR count). The highest BCUT2D eigenvalue weighted by molar-refractivity contribution is 4.65. The average Bonchev–Trinajstić information content (AvgIpc) is 2.37. The van der Waals surface area contributed by atoms with Gasteiger partial charge >= 0.3 is 0 Å². The predicted molar refractivity (Wildman–Crippen MR) is 66.7 cm³/mol. The van der Waals surface area contributed by atoms with E-state index >= 15 is 0 Å². The fourth-order valence-corrected chi connectivity index (χ4v) is 0.930. The number of hydrogen-bond acceptors (Lipinski definition) is 5. The van der Waals surface area contributed by atoms with Gasteiger partial charge in [0.05, 0.1) is 19.8 Å². The summed E-state index contributed by atoms with van der Waals surface area (Å²) in [5, 5.41) is 9.36. The van der Waals surface area contributed by atoms with E-state index in [1.54, 1.807) is 0 Å². The summed E-state index contributed by atoms with van der Waals surface area (Å²) in [6.45, 7) is 8.18. The molecule has 0 amide bonds. The SMILES string of the molecule is C=C=COCCCOCOCC(O)COC=C=C. The van der Waals surface area contributed by atoms with Crippen LogP contribution in [0.15, 0.2) is 37.1 Å². The molecule has 0 radical (unpaired) electrons. The summed E-state index contributed by atoms with van der Waals surface area (Å²) in [6.07, 6.45) is 2.75. The summed E-state index contributed by atoms with van der Waals surface area (Å²) in [5.41, 5.74) is 4.93. The van der Waals surface area contributed by atoms with Gasteiger partial charge in [0.25, 0.3) is 0 Å². The van der Waals surface area contributed by atoms with Crippen LogP contribution in [0.3, 0.4) is 0 Å². The molecule has 5 nitrogen and oxygen atoms in total. The lowest BCUT2D eigenvalue weighted by Crippen LogP contribution is -2.21. The lowest BCUT2D eigenvalue weighted by Gasteiger charge is -2.10. The van der Waals surface area contributed by atoms with Gasteiger partial charge in [-0.2, -0.15) is 0 Å². The Kier molecular flexibility index (Phi) is 12.5. The average molecular weight is 256 g/mol. The summed E-state index contributed by atoms with van der Waals surface area (Å²) in [5.74, 6) is 0. The summed E-state index contributed by atoms with van der Waals surface area (Å²) < 4.78 is 20.1. The van der Waals surface area contributed by atoms with Crippen LogP contribution in [0.25, 0.3) is 0 Å². The van der Waals surface area contributed by atoms with Crippen LogP contribution in [0.2, 0.25) is 0 Å². The van der Waals surface area contributed by atoms with E-state index in [2.05, 4.69) is 24.6 Å². The molecule has 5 heteroatoms. The van der Waals surface area contributed by atoms with E-state index in [0.717, 1.165) is 6.42 Å². The highest BCUT2D eigenvalue weighted by Gasteiger charge is 2.03. The second-order valence-corrected chi connectivity index (χ2v) is 3.25. The van der Waals surface area contributed by atoms with E-state index < -0.39 is 6.10 Å². The van der Waals surface area contributed by atoms with Crippen LogP contribution in [0.4, 0.5) is 0 Å². The van der Waals surface area contributed by atoms with Crippen molar-refractivity contribution in [2.75, 3.05) is 33.2 Å². The molecule has 1 atom stereocenters. The molecule has 0 aromatic rings. The zero-order valence-corrected chi connectivity index (χ0v) is 10.5. The number of aliphatic hydroxyl groups is 1. The highest BCUT2D eigenvalue weighted by atomic mass is 16.7. The molecule has 0 aliphatic rings. The topological polar surface area (TPSA) is 57.2 Å². The van der Waals surface area contributed by atoms with Gasteiger partial charge in [0, 0.05) is 6.42 Å². The molecule has 18 heavy (non-hydrogen) atoms. The largest absolute Gasteiger partial charge is 0.493 e. The van der Waals surface area contributed by atoms with E-state index in [1.807, 2.05) is 0 Å². The second kappa shape index (κ2) is 13.6. The summed E-state index contributed by atoms with van der Waals surface area (Å²) in [7, 11) is 0. The summed E-state index contributed by atoms with van der Waals surface area (Å²) >= 11 is 0. The minimum absolute atomic E-state index is 0.131. The van der Waals surface area contributed by atoms with Crippen LogP contribution in [0.5, 0.6) is 0 Å². The van der Waals surface area contributed by atoms with Crippen molar-refractivity contribution in [2.24, 2.45) is 0 Å². The molecule has 0 aliphatic heterocycles. The highest BCUT2D eigenvalue weighted by Crippen LogP contribution is 1.90. The Bertz CT molecular complexity index is 277. The van der Waals surface area contributed by atoms with Gasteiger partial charge in [-0.25, -0.2) is 0 Å². The van der Waals surface area contributed by atoms with Gasteiger partial charge in [0.2, 0.25) is 0 Å². The molecule has 0 fully saturated rings. The normalized spacial score (nSPS) is 10.9. The maximum absolute atomic E-state index is 9.36. The first-order valence-electron chi connectivity index (χ1n) is 5.56. The van der Waals surface area contributed by atoms with Crippen LogP contribution >= 0.6 is 0 Å². The van der Waals surface area contributed by atoms with Gasteiger partial charge in [-0.15, -0.1) is 0 Å². The first-order chi connectivity index (χ1) is 8.81. The van der Waals surface area contributed by atoms with Crippen molar-refractivity contribution < 1.29 is 24.1 Å².